The first-order chi connectivity index (χ1) is 21.8. The van der Waals surface area contributed by atoms with E-state index in [1.807, 2.05) is 121 Å². The fourth-order valence-corrected chi connectivity index (χ4v) is 5.16. The molecule has 0 amide bonds. The summed E-state index contributed by atoms with van der Waals surface area (Å²) in [4.78, 5) is 9.25. The lowest BCUT2D eigenvalue weighted by Gasteiger charge is -2.25. The molecule has 5 aromatic rings. The molecule has 6 rings (SSSR count). The van der Waals surface area contributed by atoms with Gasteiger partial charge in [0.1, 0.15) is 31.0 Å². The van der Waals surface area contributed by atoms with Crippen LogP contribution in [0.3, 0.4) is 0 Å². The molecule has 7 heteroatoms. The summed E-state index contributed by atoms with van der Waals surface area (Å²) in [5.74, 6) is 0.442. The summed E-state index contributed by atoms with van der Waals surface area (Å²) < 4.78 is 31.8. The van der Waals surface area contributed by atoms with Gasteiger partial charge in [0.05, 0.1) is 44.5 Å². The quantitative estimate of drug-likeness (QED) is 0.140. The molecule has 2 heterocycles. The lowest BCUT2D eigenvalue weighted by molar-refractivity contribution is -0.0898. The molecule has 0 radical (unpaired) electrons. The molecule has 0 N–H and O–H groups in total. The van der Waals surface area contributed by atoms with Gasteiger partial charge in [0.15, 0.2) is 0 Å². The highest BCUT2D eigenvalue weighted by Gasteiger charge is 2.48. The summed E-state index contributed by atoms with van der Waals surface area (Å²) in [6, 6.07) is 40.3. The largest absolute Gasteiger partial charge is 0.472 e. The van der Waals surface area contributed by atoms with Crippen LogP contribution in [0.1, 0.15) is 34.1 Å². The zero-order valence-electron chi connectivity index (χ0n) is 24.5. The number of hydrogen-bond acceptors (Lipinski definition) is 7. The van der Waals surface area contributed by atoms with Gasteiger partial charge in [-0.2, -0.15) is 0 Å². The van der Waals surface area contributed by atoms with Crippen molar-refractivity contribution in [2.75, 3.05) is 6.61 Å². The molecule has 4 aromatic carbocycles. The van der Waals surface area contributed by atoms with Crippen molar-refractivity contribution in [1.82, 2.24) is 9.97 Å². The van der Waals surface area contributed by atoms with E-state index in [0.29, 0.717) is 44.6 Å². The summed E-state index contributed by atoms with van der Waals surface area (Å²) >= 11 is 0. The van der Waals surface area contributed by atoms with Crippen molar-refractivity contribution >= 4 is 0 Å². The van der Waals surface area contributed by atoms with E-state index in [2.05, 4.69) is 4.98 Å². The Morgan fingerprint density at radius 2 is 1.02 bits per heavy atom. The highest BCUT2D eigenvalue weighted by atomic mass is 16.6. The summed E-state index contributed by atoms with van der Waals surface area (Å²) in [7, 11) is 0. The van der Waals surface area contributed by atoms with Gasteiger partial charge in [0, 0.05) is 0 Å². The average molecular weight is 589 g/mol. The molecule has 1 aliphatic rings. The molecule has 4 atom stereocenters. The van der Waals surface area contributed by atoms with Crippen molar-refractivity contribution in [3.8, 4) is 5.88 Å². The molecule has 44 heavy (non-hydrogen) atoms. The maximum atomic E-state index is 6.64. The minimum Gasteiger partial charge on any atom is -0.472 e. The predicted molar refractivity (Wildman–Crippen MR) is 167 cm³/mol. The SMILES string of the molecule is c1ccc(COCC2OC(c3cnc(OCc4ccccc4)cn3)C(OCc3ccccc3)C2OCc2ccccc2)cc1. The maximum Gasteiger partial charge on any atom is 0.232 e. The van der Waals surface area contributed by atoms with Crippen LogP contribution in [0.15, 0.2) is 134 Å². The van der Waals surface area contributed by atoms with Gasteiger partial charge in [0.2, 0.25) is 5.88 Å². The zero-order chi connectivity index (χ0) is 29.8. The summed E-state index contributed by atoms with van der Waals surface area (Å²) in [5.41, 5.74) is 4.93. The second kappa shape index (κ2) is 15.4. The highest BCUT2D eigenvalue weighted by molar-refractivity contribution is 5.19. The fraction of sp³-hybridized carbons (Fsp3) is 0.243. The lowest BCUT2D eigenvalue weighted by atomic mass is 10.0. The van der Waals surface area contributed by atoms with Crippen LogP contribution in [-0.2, 0) is 45.4 Å². The summed E-state index contributed by atoms with van der Waals surface area (Å²) in [5, 5.41) is 0. The van der Waals surface area contributed by atoms with Gasteiger partial charge < -0.3 is 23.7 Å². The van der Waals surface area contributed by atoms with Crippen LogP contribution in [0, 0.1) is 0 Å². The second-order valence-corrected chi connectivity index (χ2v) is 10.7. The summed E-state index contributed by atoms with van der Waals surface area (Å²) in [6.07, 6.45) is 1.58. The van der Waals surface area contributed by atoms with E-state index in [1.54, 1.807) is 12.4 Å². The maximum absolute atomic E-state index is 6.64. The number of nitrogens with zero attached hydrogens (tertiary/aromatic N) is 2. The van der Waals surface area contributed by atoms with E-state index in [-0.39, 0.29) is 6.10 Å². The van der Waals surface area contributed by atoms with E-state index in [0.717, 1.165) is 22.3 Å². The molecular weight excluding hydrogens is 552 g/mol. The van der Waals surface area contributed by atoms with E-state index < -0.39 is 18.3 Å². The fourth-order valence-electron chi connectivity index (χ4n) is 5.16. The number of benzene rings is 4. The van der Waals surface area contributed by atoms with Crippen LogP contribution < -0.4 is 4.74 Å². The first-order valence-corrected chi connectivity index (χ1v) is 14.9. The second-order valence-electron chi connectivity index (χ2n) is 10.7. The Labute approximate surface area is 258 Å². The number of hydrogen-bond donors (Lipinski definition) is 0. The molecule has 0 bridgehead atoms. The third kappa shape index (κ3) is 8.15. The molecule has 0 aliphatic carbocycles. The van der Waals surface area contributed by atoms with Crippen LogP contribution in [-0.4, -0.2) is 34.9 Å². The van der Waals surface area contributed by atoms with Gasteiger partial charge >= 0.3 is 0 Å². The third-order valence-corrected chi connectivity index (χ3v) is 7.44. The molecule has 1 aromatic heterocycles. The minimum absolute atomic E-state index is 0.335. The standard InChI is InChI=1S/C37H36N2O5/c1-5-13-28(14-6-1)23-40-27-33-36(42-25-30-17-9-3-10-18-30)37(43-26-31-19-11-4-12-20-31)35(44-33)32-21-39-34(22-38-32)41-24-29-15-7-2-8-16-29/h1-22,33,35-37H,23-27H2. The monoisotopic (exact) mass is 588 g/mol. The lowest BCUT2D eigenvalue weighted by Crippen LogP contribution is -2.38. The highest BCUT2D eigenvalue weighted by Crippen LogP contribution is 2.38. The molecule has 0 spiro atoms. The number of aromatic nitrogens is 2. The van der Waals surface area contributed by atoms with Crippen LogP contribution >= 0.6 is 0 Å². The Bertz CT molecular complexity index is 1520. The Balaban J connectivity index is 1.21. The Morgan fingerprint density at radius 3 is 1.55 bits per heavy atom. The van der Waals surface area contributed by atoms with Crippen molar-refractivity contribution in [2.45, 2.75) is 50.8 Å². The number of ether oxygens (including phenoxy) is 5. The van der Waals surface area contributed by atoms with E-state index in [1.165, 1.54) is 0 Å². The summed E-state index contributed by atoms with van der Waals surface area (Å²) in [6.45, 7) is 2.04. The Kier molecular flexibility index (Phi) is 10.4. The Morgan fingerprint density at radius 1 is 0.523 bits per heavy atom. The van der Waals surface area contributed by atoms with Crippen LogP contribution in [0.5, 0.6) is 5.88 Å². The molecule has 7 nitrogen and oxygen atoms in total. The van der Waals surface area contributed by atoms with Gasteiger partial charge in [-0.05, 0) is 22.3 Å². The minimum atomic E-state index is -0.513. The van der Waals surface area contributed by atoms with Crippen molar-refractivity contribution in [2.24, 2.45) is 0 Å². The van der Waals surface area contributed by atoms with Crippen LogP contribution in [0.4, 0.5) is 0 Å². The molecule has 1 fully saturated rings. The van der Waals surface area contributed by atoms with E-state index in [9.17, 15) is 0 Å². The molecule has 1 aliphatic heterocycles. The predicted octanol–water partition coefficient (Wildman–Crippen LogP) is 6.88. The smallest absolute Gasteiger partial charge is 0.232 e. The first kappa shape index (κ1) is 29.7. The van der Waals surface area contributed by atoms with Gasteiger partial charge in [-0.25, -0.2) is 4.98 Å². The van der Waals surface area contributed by atoms with Crippen molar-refractivity contribution in [3.05, 3.63) is 162 Å². The Hall–Kier alpha value is -4.40. The molecule has 4 unspecified atom stereocenters. The molecule has 1 saturated heterocycles. The van der Waals surface area contributed by atoms with E-state index >= 15 is 0 Å². The van der Waals surface area contributed by atoms with Gasteiger partial charge in [-0.1, -0.05) is 121 Å². The van der Waals surface area contributed by atoms with Gasteiger partial charge in [-0.3, -0.25) is 4.98 Å². The third-order valence-electron chi connectivity index (χ3n) is 7.44. The average Bonchev–Trinajstić information content (AvgIpc) is 3.44. The number of rotatable bonds is 14. The molecular formula is C37H36N2O5. The van der Waals surface area contributed by atoms with Gasteiger partial charge in [0.25, 0.3) is 0 Å². The van der Waals surface area contributed by atoms with Crippen LogP contribution in [0.2, 0.25) is 0 Å². The topological polar surface area (TPSA) is 71.9 Å². The zero-order valence-corrected chi connectivity index (χ0v) is 24.5. The van der Waals surface area contributed by atoms with Crippen molar-refractivity contribution in [3.63, 3.8) is 0 Å². The first-order valence-electron chi connectivity index (χ1n) is 14.9. The van der Waals surface area contributed by atoms with Gasteiger partial charge in [-0.15, -0.1) is 0 Å². The normalized spacial score (nSPS) is 19.5. The van der Waals surface area contributed by atoms with E-state index in [4.69, 9.17) is 28.7 Å². The van der Waals surface area contributed by atoms with Crippen molar-refractivity contribution < 1.29 is 23.7 Å². The van der Waals surface area contributed by atoms with Crippen LogP contribution in [0.25, 0.3) is 0 Å². The molecule has 0 saturated carbocycles. The molecule has 224 valence electrons. The van der Waals surface area contributed by atoms with Crippen molar-refractivity contribution in [1.29, 1.82) is 0 Å².